The van der Waals surface area contributed by atoms with Gasteiger partial charge in [0.25, 0.3) is 5.91 Å². The Morgan fingerprint density at radius 2 is 1.96 bits per heavy atom. The fourth-order valence-corrected chi connectivity index (χ4v) is 4.93. The van der Waals surface area contributed by atoms with Crippen LogP contribution < -0.4 is 9.46 Å². The van der Waals surface area contributed by atoms with Crippen molar-refractivity contribution in [3.8, 4) is 17.0 Å². The molecule has 1 atom stereocenters. The van der Waals surface area contributed by atoms with E-state index >= 15 is 0 Å². The number of hydrogen-bond acceptors (Lipinski definition) is 5. The fraction of sp³-hybridized carbons (Fsp3) is 0.474. The minimum Gasteiger partial charge on any atom is -0.497 e. The summed E-state index contributed by atoms with van der Waals surface area (Å²) < 4.78 is 30.8. The number of carbonyl (C=O) groups is 1. The van der Waals surface area contributed by atoms with E-state index in [1.165, 1.54) is 6.26 Å². The number of aromatic nitrogens is 2. The molecule has 2 heterocycles. The number of rotatable bonds is 5. The van der Waals surface area contributed by atoms with E-state index < -0.39 is 10.0 Å². The van der Waals surface area contributed by atoms with E-state index in [1.807, 2.05) is 29.2 Å². The molecular weight excluding hydrogens is 380 g/mol. The van der Waals surface area contributed by atoms with Crippen molar-refractivity contribution in [1.29, 1.82) is 0 Å². The van der Waals surface area contributed by atoms with E-state index in [0.29, 0.717) is 24.3 Å². The van der Waals surface area contributed by atoms with Gasteiger partial charge in [-0.25, -0.2) is 13.1 Å². The Labute approximate surface area is 164 Å². The summed E-state index contributed by atoms with van der Waals surface area (Å²) in [6.07, 6.45) is 5.23. The lowest BCUT2D eigenvalue weighted by Gasteiger charge is -2.33. The lowest BCUT2D eigenvalue weighted by atomic mass is 9.92. The van der Waals surface area contributed by atoms with Crippen LogP contribution in [0, 0.1) is 5.41 Å². The average molecular weight is 404 g/mol. The largest absolute Gasteiger partial charge is 0.497 e. The first-order chi connectivity index (χ1) is 13.3. The molecule has 1 spiro atoms. The smallest absolute Gasteiger partial charge is 0.257 e. The number of amides is 1. The number of benzene rings is 1. The van der Waals surface area contributed by atoms with Gasteiger partial charge in [-0.15, -0.1) is 0 Å². The molecule has 2 aliphatic rings. The van der Waals surface area contributed by atoms with Gasteiger partial charge in [0.2, 0.25) is 10.0 Å². The van der Waals surface area contributed by atoms with Crippen molar-refractivity contribution in [2.24, 2.45) is 5.41 Å². The Bertz CT molecular complexity index is 976. The summed E-state index contributed by atoms with van der Waals surface area (Å²) in [5, 5.41) is 7.00. The summed E-state index contributed by atoms with van der Waals surface area (Å²) in [5.41, 5.74) is 2.11. The molecule has 28 heavy (non-hydrogen) atoms. The number of hydrogen-bond donors (Lipinski definition) is 2. The van der Waals surface area contributed by atoms with Crippen LogP contribution in [0.4, 0.5) is 0 Å². The molecule has 1 aliphatic heterocycles. The lowest BCUT2D eigenvalue weighted by Crippen LogP contribution is -2.41. The van der Waals surface area contributed by atoms with Crippen LogP contribution in [-0.4, -0.2) is 61.9 Å². The van der Waals surface area contributed by atoms with Crippen LogP contribution >= 0.6 is 0 Å². The van der Waals surface area contributed by atoms with E-state index in [-0.39, 0.29) is 17.4 Å². The van der Waals surface area contributed by atoms with E-state index in [1.54, 1.807) is 13.3 Å². The molecule has 9 heteroatoms. The van der Waals surface area contributed by atoms with Gasteiger partial charge in [0.05, 0.1) is 30.8 Å². The third kappa shape index (κ3) is 3.64. The number of aromatic amines is 1. The minimum absolute atomic E-state index is 0.00328. The Balaban J connectivity index is 1.44. The van der Waals surface area contributed by atoms with Crippen molar-refractivity contribution < 1.29 is 17.9 Å². The van der Waals surface area contributed by atoms with Gasteiger partial charge in [-0.3, -0.25) is 9.89 Å². The quantitative estimate of drug-likeness (QED) is 0.788. The second-order valence-electron chi connectivity index (χ2n) is 7.69. The number of nitrogens with zero attached hydrogens (tertiary/aromatic N) is 2. The molecule has 1 unspecified atom stereocenters. The molecule has 0 bridgehead atoms. The maximum absolute atomic E-state index is 13.0. The Kier molecular flexibility index (Phi) is 4.67. The molecule has 4 rings (SSSR count). The topological polar surface area (TPSA) is 104 Å². The molecule has 8 nitrogen and oxygen atoms in total. The highest BCUT2D eigenvalue weighted by Gasteiger charge is 2.56. The molecule has 1 aromatic heterocycles. The van der Waals surface area contributed by atoms with Crippen molar-refractivity contribution >= 4 is 15.9 Å². The highest BCUT2D eigenvalue weighted by Crippen LogP contribution is 2.54. The van der Waals surface area contributed by atoms with Crippen LogP contribution in [0.15, 0.2) is 30.5 Å². The summed E-state index contributed by atoms with van der Waals surface area (Å²) in [4.78, 5) is 14.9. The van der Waals surface area contributed by atoms with E-state index in [0.717, 1.165) is 30.6 Å². The summed E-state index contributed by atoms with van der Waals surface area (Å²) in [6, 6.07) is 7.47. The molecule has 1 saturated heterocycles. The summed E-state index contributed by atoms with van der Waals surface area (Å²) >= 11 is 0. The SMILES string of the molecule is COc1ccc(-c2[nH]ncc2C(=O)N2CCC3(CC2)CC3NS(C)(=O)=O)cc1. The number of ether oxygens (including phenoxy) is 1. The molecule has 1 saturated carbocycles. The number of sulfonamides is 1. The molecule has 1 aliphatic carbocycles. The first-order valence-corrected chi connectivity index (χ1v) is 11.1. The van der Waals surface area contributed by atoms with Crippen molar-refractivity contribution in [3.05, 3.63) is 36.0 Å². The monoisotopic (exact) mass is 404 g/mol. The van der Waals surface area contributed by atoms with Crippen LogP contribution in [0.3, 0.4) is 0 Å². The Morgan fingerprint density at radius 1 is 1.29 bits per heavy atom. The van der Waals surface area contributed by atoms with Crippen molar-refractivity contribution in [2.45, 2.75) is 25.3 Å². The normalized spacial score (nSPS) is 20.9. The van der Waals surface area contributed by atoms with Gasteiger partial charge in [0.15, 0.2) is 0 Å². The first kappa shape index (κ1) is 18.9. The third-order valence-electron chi connectivity index (χ3n) is 5.84. The Morgan fingerprint density at radius 3 is 2.57 bits per heavy atom. The van der Waals surface area contributed by atoms with Gasteiger partial charge in [-0.05, 0) is 48.9 Å². The second kappa shape index (κ2) is 6.89. The molecular formula is C19H24N4O4S. The standard InChI is InChI=1S/C19H24N4O4S/c1-27-14-5-3-13(4-6-14)17-15(12-20-21-17)18(24)23-9-7-19(8-10-23)11-16(19)22-28(2,25)26/h3-6,12,16,22H,7-11H2,1-2H3,(H,20,21). The second-order valence-corrected chi connectivity index (χ2v) is 9.47. The van der Waals surface area contributed by atoms with Gasteiger partial charge < -0.3 is 9.64 Å². The number of piperidine rings is 1. The fourth-order valence-electron chi connectivity index (χ4n) is 4.08. The molecule has 2 fully saturated rings. The molecule has 1 amide bonds. The third-order valence-corrected chi connectivity index (χ3v) is 6.55. The van der Waals surface area contributed by atoms with Crippen LogP contribution in [-0.2, 0) is 10.0 Å². The number of likely N-dealkylation sites (tertiary alicyclic amines) is 1. The van der Waals surface area contributed by atoms with Crippen LogP contribution in [0.25, 0.3) is 11.3 Å². The van der Waals surface area contributed by atoms with Crippen molar-refractivity contribution in [2.75, 3.05) is 26.5 Å². The molecule has 2 aromatic rings. The highest BCUT2D eigenvalue weighted by molar-refractivity contribution is 7.88. The number of carbonyl (C=O) groups excluding carboxylic acids is 1. The number of nitrogens with one attached hydrogen (secondary N) is 2. The maximum atomic E-state index is 13.0. The lowest BCUT2D eigenvalue weighted by molar-refractivity contribution is 0.0675. The van der Waals surface area contributed by atoms with Crippen molar-refractivity contribution in [3.63, 3.8) is 0 Å². The van der Waals surface area contributed by atoms with Crippen LogP contribution in [0.1, 0.15) is 29.6 Å². The zero-order valence-electron chi connectivity index (χ0n) is 15.9. The molecule has 0 radical (unpaired) electrons. The number of methoxy groups -OCH3 is 1. The minimum atomic E-state index is -3.19. The predicted molar refractivity (Wildman–Crippen MR) is 105 cm³/mol. The van der Waals surface area contributed by atoms with Gasteiger partial charge >= 0.3 is 0 Å². The molecule has 2 N–H and O–H groups in total. The predicted octanol–water partition coefficient (Wildman–Crippen LogP) is 1.63. The van der Waals surface area contributed by atoms with Gasteiger partial charge in [-0.1, -0.05) is 0 Å². The van der Waals surface area contributed by atoms with Crippen molar-refractivity contribution in [1.82, 2.24) is 19.8 Å². The number of H-pyrrole nitrogens is 1. The van der Waals surface area contributed by atoms with Gasteiger partial charge in [-0.2, -0.15) is 5.10 Å². The van der Waals surface area contributed by atoms with E-state index in [4.69, 9.17) is 4.74 Å². The zero-order valence-corrected chi connectivity index (χ0v) is 16.8. The molecule has 150 valence electrons. The van der Waals surface area contributed by atoms with Crippen LogP contribution in [0.5, 0.6) is 5.75 Å². The van der Waals surface area contributed by atoms with Gasteiger partial charge in [0.1, 0.15) is 5.75 Å². The molecule has 1 aromatic carbocycles. The highest BCUT2D eigenvalue weighted by atomic mass is 32.2. The summed E-state index contributed by atoms with van der Waals surface area (Å²) in [5.74, 6) is 0.696. The summed E-state index contributed by atoms with van der Waals surface area (Å²) in [6.45, 7) is 1.24. The zero-order chi connectivity index (χ0) is 19.9. The Hall–Kier alpha value is -2.39. The van der Waals surface area contributed by atoms with E-state index in [9.17, 15) is 13.2 Å². The van der Waals surface area contributed by atoms with E-state index in [2.05, 4.69) is 14.9 Å². The van der Waals surface area contributed by atoms with Gasteiger partial charge in [0, 0.05) is 24.7 Å². The first-order valence-electron chi connectivity index (χ1n) is 9.26. The summed E-state index contributed by atoms with van der Waals surface area (Å²) in [7, 11) is -1.58. The average Bonchev–Trinajstić information content (AvgIpc) is 3.09. The maximum Gasteiger partial charge on any atom is 0.257 e. The van der Waals surface area contributed by atoms with Crippen LogP contribution in [0.2, 0.25) is 0 Å².